The van der Waals surface area contributed by atoms with Crippen molar-refractivity contribution in [2.24, 2.45) is 5.73 Å². The van der Waals surface area contributed by atoms with Crippen LogP contribution in [0.2, 0.25) is 0 Å². The van der Waals surface area contributed by atoms with Crippen LogP contribution in [0.15, 0.2) is 24.3 Å². The highest BCUT2D eigenvalue weighted by Gasteiger charge is 2.01. The van der Waals surface area contributed by atoms with Gasteiger partial charge in [-0.2, -0.15) is 0 Å². The van der Waals surface area contributed by atoms with Gasteiger partial charge in [0.05, 0.1) is 6.61 Å². The molecule has 1 unspecified atom stereocenters. The Labute approximate surface area is 98.1 Å². The molecular weight excluding hydrogens is 300 g/mol. The van der Waals surface area contributed by atoms with Crippen molar-refractivity contribution in [1.29, 1.82) is 0 Å². The molecule has 0 radical (unpaired) electrons. The minimum absolute atomic E-state index is 0. The third-order valence-electron chi connectivity index (χ3n) is 1.62. The van der Waals surface area contributed by atoms with Gasteiger partial charge >= 0.3 is 0 Å². The molecule has 0 amide bonds. The Kier molecular flexibility index (Phi) is 6.67. The Hall–Kier alpha value is 0.160. The largest absolute Gasteiger partial charge is 0.395 e. The fourth-order valence-corrected chi connectivity index (χ4v) is 1.64. The van der Waals surface area contributed by atoms with E-state index in [0.29, 0.717) is 0 Å². The van der Waals surface area contributed by atoms with E-state index in [-0.39, 0.29) is 25.1 Å². The summed E-state index contributed by atoms with van der Waals surface area (Å²) in [6, 6.07) is 8.01. The maximum Gasteiger partial charge on any atom is 0.0585 e. The number of benzene rings is 1. The van der Waals surface area contributed by atoms with E-state index in [1.54, 1.807) is 0 Å². The number of halogens is 2. The van der Waals surface area contributed by atoms with Crippen LogP contribution in [0.3, 0.4) is 0 Å². The first-order valence-electron chi connectivity index (χ1n) is 3.83. The monoisotopic (exact) mass is 313 g/mol. The number of aliphatic hydroxyl groups excluding tert-OH is 1. The standard InChI is InChI=1S/C9H12INO.ClH/c10-8-3-1-2-7(4-8)5-9(11)6-12;/h1-4,9,12H,5-6,11H2;1H. The van der Waals surface area contributed by atoms with Gasteiger partial charge < -0.3 is 10.8 Å². The summed E-state index contributed by atoms with van der Waals surface area (Å²) < 4.78 is 1.20. The summed E-state index contributed by atoms with van der Waals surface area (Å²) in [5.74, 6) is 0. The van der Waals surface area contributed by atoms with E-state index in [2.05, 4.69) is 28.7 Å². The molecule has 4 heteroatoms. The Morgan fingerprint density at radius 2 is 2.15 bits per heavy atom. The quantitative estimate of drug-likeness (QED) is 0.832. The molecule has 0 saturated carbocycles. The second kappa shape index (κ2) is 6.59. The SMILES string of the molecule is Cl.NC(CO)Cc1cccc(I)c1. The summed E-state index contributed by atoms with van der Waals surface area (Å²) in [7, 11) is 0. The van der Waals surface area contributed by atoms with Crippen LogP contribution in [-0.4, -0.2) is 17.8 Å². The molecular formula is C9H13ClINO. The van der Waals surface area contributed by atoms with Gasteiger partial charge in [-0.15, -0.1) is 12.4 Å². The molecule has 3 N–H and O–H groups in total. The molecule has 0 fully saturated rings. The highest BCUT2D eigenvalue weighted by atomic mass is 127. The van der Waals surface area contributed by atoms with Crippen LogP contribution < -0.4 is 5.73 Å². The van der Waals surface area contributed by atoms with Crippen LogP contribution in [0, 0.1) is 3.57 Å². The third kappa shape index (κ3) is 4.81. The zero-order valence-electron chi connectivity index (χ0n) is 7.11. The first-order chi connectivity index (χ1) is 5.72. The topological polar surface area (TPSA) is 46.2 Å². The van der Waals surface area contributed by atoms with Crippen molar-refractivity contribution in [2.45, 2.75) is 12.5 Å². The lowest BCUT2D eigenvalue weighted by Crippen LogP contribution is -2.26. The number of hydrogen-bond donors (Lipinski definition) is 2. The zero-order chi connectivity index (χ0) is 8.97. The van der Waals surface area contributed by atoms with Gasteiger partial charge in [-0.3, -0.25) is 0 Å². The molecule has 74 valence electrons. The van der Waals surface area contributed by atoms with Crippen LogP contribution in [0.25, 0.3) is 0 Å². The molecule has 13 heavy (non-hydrogen) atoms. The van der Waals surface area contributed by atoms with Gasteiger partial charge in [0.15, 0.2) is 0 Å². The van der Waals surface area contributed by atoms with Crippen molar-refractivity contribution in [3.8, 4) is 0 Å². The fraction of sp³-hybridized carbons (Fsp3) is 0.333. The summed E-state index contributed by atoms with van der Waals surface area (Å²) in [5.41, 5.74) is 6.79. The van der Waals surface area contributed by atoms with Gasteiger partial charge in [0.25, 0.3) is 0 Å². The Balaban J connectivity index is 0.00000144. The second-order valence-electron chi connectivity index (χ2n) is 2.78. The molecule has 0 aromatic heterocycles. The average Bonchev–Trinajstić information content (AvgIpc) is 2.04. The maximum absolute atomic E-state index is 8.74. The zero-order valence-corrected chi connectivity index (χ0v) is 10.1. The Morgan fingerprint density at radius 1 is 1.46 bits per heavy atom. The van der Waals surface area contributed by atoms with Gasteiger partial charge in [-0.1, -0.05) is 12.1 Å². The number of nitrogens with two attached hydrogens (primary N) is 1. The molecule has 1 atom stereocenters. The van der Waals surface area contributed by atoms with Crippen LogP contribution in [-0.2, 0) is 6.42 Å². The van der Waals surface area contributed by atoms with Crippen molar-refractivity contribution >= 4 is 35.0 Å². The predicted octanol–water partition coefficient (Wildman–Crippen LogP) is 1.58. The summed E-state index contributed by atoms with van der Waals surface area (Å²) >= 11 is 2.26. The summed E-state index contributed by atoms with van der Waals surface area (Å²) in [4.78, 5) is 0. The molecule has 0 heterocycles. The third-order valence-corrected chi connectivity index (χ3v) is 2.29. The lowest BCUT2D eigenvalue weighted by molar-refractivity contribution is 0.265. The normalized spacial score (nSPS) is 11.9. The van der Waals surface area contributed by atoms with Gasteiger partial charge in [-0.05, 0) is 46.7 Å². The van der Waals surface area contributed by atoms with E-state index in [1.165, 1.54) is 9.13 Å². The lowest BCUT2D eigenvalue weighted by atomic mass is 10.1. The highest BCUT2D eigenvalue weighted by molar-refractivity contribution is 14.1. The van der Waals surface area contributed by atoms with Crippen molar-refractivity contribution in [3.63, 3.8) is 0 Å². The van der Waals surface area contributed by atoms with Crippen molar-refractivity contribution in [1.82, 2.24) is 0 Å². The van der Waals surface area contributed by atoms with Crippen LogP contribution in [0.5, 0.6) is 0 Å². The first-order valence-corrected chi connectivity index (χ1v) is 4.91. The van der Waals surface area contributed by atoms with E-state index in [9.17, 15) is 0 Å². The molecule has 0 aliphatic rings. The molecule has 1 aromatic carbocycles. The molecule has 1 rings (SSSR count). The van der Waals surface area contributed by atoms with Gasteiger partial charge in [0.2, 0.25) is 0 Å². The van der Waals surface area contributed by atoms with E-state index >= 15 is 0 Å². The minimum atomic E-state index is -0.136. The molecule has 0 spiro atoms. The van der Waals surface area contributed by atoms with Crippen LogP contribution in [0.1, 0.15) is 5.56 Å². The maximum atomic E-state index is 8.74. The number of hydrogen-bond acceptors (Lipinski definition) is 2. The Morgan fingerprint density at radius 3 is 2.69 bits per heavy atom. The predicted molar refractivity (Wildman–Crippen MR) is 65.2 cm³/mol. The molecule has 0 bridgehead atoms. The number of aliphatic hydroxyl groups is 1. The van der Waals surface area contributed by atoms with E-state index in [1.807, 2.05) is 18.2 Å². The lowest BCUT2D eigenvalue weighted by Gasteiger charge is -2.07. The van der Waals surface area contributed by atoms with Crippen molar-refractivity contribution < 1.29 is 5.11 Å². The Bertz CT molecular complexity index is 257. The minimum Gasteiger partial charge on any atom is -0.395 e. The average molecular weight is 314 g/mol. The highest BCUT2D eigenvalue weighted by Crippen LogP contribution is 2.08. The molecule has 2 nitrogen and oxygen atoms in total. The molecule has 0 saturated heterocycles. The van der Waals surface area contributed by atoms with Crippen LogP contribution >= 0.6 is 35.0 Å². The molecule has 0 aliphatic carbocycles. The van der Waals surface area contributed by atoms with E-state index < -0.39 is 0 Å². The van der Waals surface area contributed by atoms with Crippen molar-refractivity contribution in [2.75, 3.05) is 6.61 Å². The second-order valence-corrected chi connectivity index (χ2v) is 4.02. The molecule has 0 aliphatic heterocycles. The van der Waals surface area contributed by atoms with E-state index in [4.69, 9.17) is 10.8 Å². The summed E-state index contributed by atoms with van der Waals surface area (Å²) in [6.45, 7) is 0.0471. The fourth-order valence-electron chi connectivity index (χ4n) is 1.03. The van der Waals surface area contributed by atoms with Gasteiger partial charge in [0, 0.05) is 9.61 Å². The first kappa shape index (κ1) is 13.2. The smallest absolute Gasteiger partial charge is 0.0585 e. The summed E-state index contributed by atoms with van der Waals surface area (Å²) in [6.07, 6.45) is 0.743. The van der Waals surface area contributed by atoms with Crippen molar-refractivity contribution in [3.05, 3.63) is 33.4 Å². The van der Waals surface area contributed by atoms with Gasteiger partial charge in [0.1, 0.15) is 0 Å². The van der Waals surface area contributed by atoms with E-state index in [0.717, 1.165) is 6.42 Å². The summed E-state index contributed by atoms with van der Waals surface area (Å²) in [5, 5.41) is 8.74. The van der Waals surface area contributed by atoms with Gasteiger partial charge in [-0.25, -0.2) is 0 Å². The molecule has 1 aromatic rings. The van der Waals surface area contributed by atoms with Crippen LogP contribution in [0.4, 0.5) is 0 Å². The number of rotatable bonds is 3.